The first-order valence-electron chi connectivity index (χ1n) is 6.30. The number of hydrogen-bond donors (Lipinski definition) is 1. The van der Waals surface area contributed by atoms with Crippen molar-refractivity contribution in [1.29, 1.82) is 0 Å². The van der Waals surface area contributed by atoms with Crippen LogP contribution in [0.5, 0.6) is 0 Å². The van der Waals surface area contributed by atoms with E-state index in [0.29, 0.717) is 6.10 Å². The van der Waals surface area contributed by atoms with Gasteiger partial charge in [-0.25, -0.2) is 4.39 Å². The molecule has 0 radical (unpaired) electrons. The molecule has 1 N–H and O–H groups in total. The lowest BCUT2D eigenvalue weighted by Crippen LogP contribution is -2.29. The lowest BCUT2D eigenvalue weighted by Gasteiger charge is -2.18. The van der Waals surface area contributed by atoms with Gasteiger partial charge >= 0.3 is 0 Å². The first-order chi connectivity index (χ1) is 8.16. The average Bonchev–Trinajstić information content (AvgIpc) is 2.73. The molecule has 2 rings (SSSR count). The van der Waals surface area contributed by atoms with E-state index in [2.05, 4.69) is 12.2 Å². The molecule has 0 bridgehead atoms. The van der Waals surface area contributed by atoms with Gasteiger partial charge in [0.1, 0.15) is 5.82 Å². The maximum atomic E-state index is 13.5. The molecule has 2 nitrogen and oxygen atoms in total. The summed E-state index contributed by atoms with van der Waals surface area (Å²) < 4.78 is 19.3. The van der Waals surface area contributed by atoms with E-state index in [9.17, 15) is 4.39 Å². The molecule has 0 aliphatic carbocycles. The molecule has 17 heavy (non-hydrogen) atoms. The molecule has 3 atom stereocenters. The van der Waals surface area contributed by atoms with Crippen LogP contribution in [0.1, 0.15) is 38.3 Å². The fourth-order valence-electron chi connectivity index (χ4n) is 2.28. The van der Waals surface area contributed by atoms with Gasteiger partial charge in [-0.3, -0.25) is 0 Å². The van der Waals surface area contributed by atoms with Crippen molar-refractivity contribution in [2.75, 3.05) is 6.54 Å². The summed E-state index contributed by atoms with van der Waals surface area (Å²) in [6.45, 7) is 4.87. The van der Waals surface area contributed by atoms with Gasteiger partial charge in [0.05, 0.1) is 12.2 Å². The predicted octanol–water partition coefficient (Wildman–Crippen LogP) is 3.04. The zero-order valence-electron chi connectivity index (χ0n) is 10.4. The fourth-order valence-corrected chi connectivity index (χ4v) is 2.28. The van der Waals surface area contributed by atoms with E-state index in [-0.39, 0.29) is 18.0 Å². The van der Waals surface area contributed by atoms with Crippen molar-refractivity contribution in [3.05, 3.63) is 35.6 Å². The van der Waals surface area contributed by atoms with Gasteiger partial charge in [0.15, 0.2) is 0 Å². The van der Waals surface area contributed by atoms with Crippen LogP contribution in [-0.4, -0.2) is 18.8 Å². The van der Waals surface area contributed by atoms with Crippen LogP contribution >= 0.6 is 0 Å². The minimum Gasteiger partial charge on any atom is -0.374 e. The predicted molar refractivity (Wildman–Crippen MR) is 66.4 cm³/mol. The number of halogens is 1. The van der Waals surface area contributed by atoms with Gasteiger partial charge < -0.3 is 10.1 Å². The van der Waals surface area contributed by atoms with Crippen molar-refractivity contribution in [2.45, 2.75) is 44.9 Å². The molecule has 1 aliphatic heterocycles. The van der Waals surface area contributed by atoms with Crippen molar-refractivity contribution >= 4 is 0 Å². The Kier molecular flexibility index (Phi) is 4.13. The third kappa shape index (κ3) is 3.27. The van der Waals surface area contributed by atoms with Crippen LogP contribution in [0, 0.1) is 5.82 Å². The maximum absolute atomic E-state index is 13.5. The fraction of sp³-hybridized carbons (Fsp3) is 0.571. The summed E-state index contributed by atoms with van der Waals surface area (Å²) in [6.07, 6.45) is 2.86. The summed E-state index contributed by atoms with van der Waals surface area (Å²) in [5, 5.41) is 3.34. The van der Waals surface area contributed by atoms with Crippen molar-refractivity contribution in [3.63, 3.8) is 0 Å². The van der Waals surface area contributed by atoms with Gasteiger partial charge in [-0.05, 0) is 32.8 Å². The Hall–Kier alpha value is -0.930. The second-order valence-corrected chi connectivity index (χ2v) is 4.80. The van der Waals surface area contributed by atoms with Crippen molar-refractivity contribution in [1.82, 2.24) is 5.32 Å². The van der Waals surface area contributed by atoms with Crippen LogP contribution in [0.3, 0.4) is 0 Å². The molecule has 3 heteroatoms. The molecule has 0 aromatic heterocycles. The molecule has 1 heterocycles. The van der Waals surface area contributed by atoms with E-state index < -0.39 is 0 Å². The Balaban J connectivity index is 1.85. The van der Waals surface area contributed by atoms with E-state index in [0.717, 1.165) is 24.9 Å². The van der Waals surface area contributed by atoms with Crippen LogP contribution in [0.25, 0.3) is 0 Å². The van der Waals surface area contributed by atoms with Crippen molar-refractivity contribution < 1.29 is 9.13 Å². The number of nitrogens with one attached hydrogen (secondary N) is 1. The average molecular weight is 237 g/mol. The van der Waals surface area contributed by atoms with Crippen LogP contribution in [0.4, 0.5) is 4.39 Å². The molecule has 0 amide bonds. The Labute approximate surface area is 102 Å². The number of hydrogen-bond acceptors (Lipinski definition) is 2. The second kappa shape index (κ2) is 5.61. The summed E-state index contributed by atoms with van der Waals surface area (Å²) in [6, 6.07) is 6.93. The van der Waals surface area contributed by atoms with Crippen molar-refractivity contribution in [2.24, 2.45) is 0 Å². The molecule has 1 aromatic carbocycles. The minimum atomic E-state index is -0.145. The monoisotopic (exact) mass is 237 g/mol. The summed E-state index contributed by atoms with van der Waals surface area (Å²) in [7, 11) is 0. The van der Waals surface area contributed by atoms with Gasteiger partial charge in [0, 0.05) is 18.2 Å². The van der Waals surface area contributed by atoms with Gasteiger partial charge in [0.25, 0.3) is 0 Å². The molecule has 1 saturated heterocycles. The first kappa shape index (κ1) is 12.5. The van der Waals surface area contributed by atoms with Gasteiger partial charge in [0.2, 0.25) is 0 Å². The molecule has 94 valence electrons. The number of ether oxygens (including phenoxy) is 1. The molecule has 0 spiro atoms. The zero-order valence-corrected chi connectivity index (χ0v) is 10.4. The summed E-state index contributed by atoms with van der Waals surface area (Å²) in [4.78, 5) is 0. The number of rotatable bonds is 4. The number of benzene rings is 1. The quantitative estimate of drug-likeness (QED) is 0.869. The smallest absolute Gasteiger partial charge is 0.127 e. The van der Waals surface area contributed by atoms with E-state index >= 15 is 0 Å². The van der Waals surface area contributed by atoms with Crippen LogP contribution < -0.4 is 5.32 Å². The SMILES string of the molecule is CC1CCC(CN[C@H](C)c2ccccc2F)O1. The Morgan fingerprint density at radius 1 is 1.41 bits per heavy atom. The molecule has 1 fully saturated rings. The molecule has 2 unspecified atom stereocenters. The molecular formula is C14H20FNO. The Morgan fingerprint density at radius 3 is 2.82 bits per heavy atom. The van der Waals surface area contributed by atoms with Crippen LogP contribution in [-0.2, 0) is 4.74 Å². The largest absolute Gasteiger partial charge is 0.374 e. The van der Waals surface area contributed by atoms with E-state index in [1.807, 2.05) is 19.1 Å². The normalized spacial score (nSPS) is 26.1. The third-order valence-electron chi connectivity index (χ3n) is 3.34. The van der Waals surface area contributed by atoms with Gasteiger partial charge in [-0.15, -0.1) is 0 Å². The summed E-state index contributed by atoms with van der Waals surface area (Å²) >= 11 is 0. The lowest BCUT2D eigenvalue weighted by molar-refractivity contribution is 0.0546. The zero-order chi connectivity index (χ0) is 12.3. The molecular weight excluding hydrogens is 217 g/mol. The highest BCUT2D eigenvalue weighted by atomic mass is 19.1. The first-order valence-corrected chi connectivity index (χ1v) is 6.30. The van der Waals surface area contributed by atoms with Crippen molar-refractivity contribution in [3.8, 4) is 0 Å². The highest BCUT2D eigenvalue weighted by Crippen LogP contribution is 2.20. The highest BCUT2D eigenvalue weighted by Gasteiger charge is 2.22. The minimum absolute atomic E-state index is 0.0238. The molecule has 1 aliphatic rings. The summed E-state index contributed by atoms with van der Waals surface area (Å²) in [5.74, 6) is -0.145. The second-order valence-electron chi connectivity index (χ2n) is 4.80. The molecule has 1 aromatic rings. The van der Waals surface area contributed by atoms with Crippen LogP contribution in [0.2, 0.25) is 0 Å². The Morgan fingerprint density at radius 2 is 2.18 bits per heavy atom. The Bertz CT molecular complexity index is 369. The lowest BCUT2D eigenvalue weighted by atomic mass is 10.1. The standard InChI is InChI=1S/C14H20FNO/c1-10-7-8-12(17-10)9-16-11(2)13-5-3-4-6-14(13)15/h3-6,10-12,16H,7-9H2,1-2H3/t10?,11-,12?/m1/s1. The maximum Gasteiger partial charge on any atom is 0.127 e. The van der Waals surface area contributed by atoms with Gasteiger partial charge in [-0.2, -0.15) is 0 Å². The summed E-state index contributed by atoms with van der Waals surface area (Å²) in [5.41, 5.74) is 0.721. The van der Waals surface area contributed by atoms with Crippen LogP contribution in [0.15, 0.2) is 24.3 Å². The van der Waals surface area contributed by atoms with Gasteiger partial charge in [-0.1, -0.05) is 18.2 Å². The highest BCUT2D eigenvalue weighted by molar-refractivity contribution is 5.20. The van der Waals surface area contributed by atoms with E-state index in [4.69, 9.17) is 4.74 Å². The van der Waals surface area contributed by atoms with E-state index in [1.165, 1.54) is 6.07 Å². The van der Waals surface area contributed by atoms with E-state index in [1.54, 1.807) is 6.07 Å². The third-order valence-corrected chi connectivity index (χ3v) is 3.34. The topological polar surface area (TPSA) is 21.3 Å². The molecule has 0 saturated carbocycles.